The first-order chi connectivity index (χ1) is 18.8. The highest BCUT2D eigenvalue weighted by Gasteiger charge is 2.40. The summed E-state index contributed by atoms with van der Waals surface area (Å²) in [5, 5.41) is 4.91. The Morgan fingerprint density at radius 1 is 1.00 bits per heavy atom. The number of carbonyl (C=O) groups is 2. The maximum Gasteiger partial charge on any atom is 0.223 e. The second-order valence-electron chi connectivity index (χ2n) is 11.0. The minimum Gasteiger partial charge on any atom is -0.493 e. The minimum absolute atomic E-state index is 0.154. The van der Waals surface area contributed by atoms with Crippen LogP contribution in [0, 0.1) is 12.3 Å². The molecule has 1 fully saturated rings. The molecule has 0 N–H and O–H groups in total. The van der Waals surface area contributed by atoms with E-state index in [-0.39, 0.29) is 17.2 Å². The number of halogens is 1. The van der Waals surface area contributed by atoms with Gasteiger partial charge in [-0.05, 0) is 67.5 Å². The molecular formula is C31H37ClN4O3. The Labute approximate surface area is 235 Å². The van der Waals surface area contributed by atoms with E-state index in [0.29, 0.717) is 56.3 Å². The number of ether oxygens (including phenoxy) is 1. The van der Waals surface area contributed by atoms with Crippen LogP contribution in [0.4, 0.5) is 0 Å². The van der Waals surface area contributed by atoms with Crippen LogP contribution in [0.5, 0.6) is 5.75 Å². The molecule has 0 radical (unpaired) electrons. The van der Waals surface area contributed by atoms with Crippen molar-refractivity contribution in [2.24, 2.45) is 12.5 Å². The molecule has 0 unspecified atom stereocenters. The van der Waals surface area contributed by atoms with Crippen LogP contribution in [0.3, 0.4) is 0 Å². The Balaban J connectivity index is 1.24. The van der Waals surface area contributed by atoms with Gasteiger partial charge in [0, 0.05) is 62.2 Å². The summed E-state index contributed by atoms with van der Waals surface area (Å²) < 4.78 is 8.06. The molecule has 0 saturated carbocycles. The molecule has 0 aliphatic carbocycles. The first kappa shape index (κ1) is 27.3. The number of nitrogens with zero attached hydrogens (tertiary/aromatic N) is 4. The molecule has 0 spiro atoms. The SMILES string of the molecule is Cc1c(CCC(=O)N2CCC(COc3cccc(Cl)c3)(CC(=O)N3CCc4ccccc4C3)CC2)cnn1C. The molecule has 2 aliphatic rings. The Hall–Kier alpha value is -3.32. The number of hydrogen-bond donors (Lipinski definition) is 0. The van der Waals surface area contributed by atoms with Gasteiger partial charge in [-0.25, -0.2) is 0 Å². The molecule has 0 bridgehead atoms. The van der Waals surface area contributed by atoms with E-state index < -0.39 is 0 Å². The predicted octanol–water partition coefficient (Wildman–Crippen LogP) is 4.98. The van der Waals surface area contributed by atoms with Gasteiger partial charge in [0.2, 0.25) is 11.8 Å². The number of aryl methyl sites for hydroxylation is 2. The maximum absolute atomic E-state index is 13.6. The van der Waals surface area contributed by atoms with Crippen LogP contribution < -0.4 is 4.74 Å². The van der Waals surface area contributed by atoms with Crippen molar-refractivity contribution in [3.63, 3.8) is 0 Å². The van der Waals surface area contributed by atoms with E-state index in [0.717, 1.165) is 37.1 Å². The van der Waals surface area contributed by atoms with Gasteiger partial charge in [-0.3, -0.25) is 14.3 Å². The molecular weight excluding hydrogens is 512 g/mol. The van der Waals surface area contributed by atoms with Crippen LogP contribution in [0.15, 0.2) is 54.7 Å². The zero-order valence-corrected chi connectivity index (χ0v) is 23.6. The van der Waals surface area contributed by atoms with Crippen molar-refractivity contribution in [3.05, 3.63) is 82.1 Å². The van der Waals surface area contributed by atoms with Crippen LogP contribution in [0.25, 0.3) is 0 Å². The van der Waals surface area contributed by atoms with Crippen LogP contribution in [-0.2, 0) is 36.0 Å². The number of fused-ring (bicyclic) bond motifs is 1. The summed E-state index contributed by atoms with van der Waals surface area (Å²) >= 11 is 6.18. The van der Waals surface area contributed by atoms with Crippen LogP contribution in [0.1, 0.15) is 48.1 Å². The first-order valence-corrected chi connectivity index (χ1v) is 14.2. The average molecular weight is 549 g/mol. The Bertz CT molecular complexity index is 1330. The van der Waals surface area contributed by atoms with Crippen LogP contribution in [0.2, 0.25) is 5.02 Å². The van der Waals surface area contributed by atoms with Gasteiger partial charge >= 0.3 is 0 Å². The lowest BCUT2D eigenvalue weighted by atomic mass is 9.75. The van der Waals surface area contributed by atoms with E-state index >= 15 is 0 Å². The van der Waals surface area contributed by atoms with Crippen LogP contribution >= 0.6 is 11.6 Å². The van der Waals surface area contributed by atoms with Gasteiger partial charge in [0.15, 0.2) is 0 Å². The molecule has 1 saturated heterocycles. The molecule has 2 aromatic carbocycles. The summed E-state index contributed by atoms with van der Waals surface area (Å²) in [7, 11) is 1.92. The average Bonchev–Trinajstić information content (AvgIpc) is 3.27. The number of amides is 2. The third kappa shape index (κ3) is 6.47. The van der Waals surface area contributed by atoms with Crippen molar-refractivity contribution in [3.8, 4) is 5.75 Å². The standard InChI is InChI=1S/C31H37ClN4O3/c1-23-25(20-33-34(23)2)10-11-29(37)35-16-13-31(14-17-35,22-39-28-9-5-8-27(32)18-28)19-30(38)36-15-12-24-6-3-4-7-26(24)21-36/h3-9,18,20H,10-17,19,21-22H2,1-2H3. The number of piperidine rings is 1. The molecule has 3 aromatic rings. The predicted molar refractivity (Wildman–Crippen MR) is 152 cm³/mol. The quantitative estimate of drug-likeness (QED) is 0.398. The lowest BCUT2D eigenvalue weighted by Gasteiger charge is -2.42. The molecule has 0 atom stereocenters. The number of benzene rings is 2. The highest BCUT2D eigenvalue weighted by Crippen LogP contribution is 2.37. The highest BCUT2D eigenvalue weighted by molar-refractivity contribution is 6.30. The maximum atomic E-state index is 13.6. The Morgan fingerprint density at radius 2 is 1.77 bits per heavy atom. The molecule has 39 heavy (non-hydrogen) atoms. The minimum atomic E-state index is -0.340. The Morgan fingerprint density at radius 3 is 2.49 bits per heavy atom. The van der Waals surface area contributed by atoms with E-state index in [4.69, 9.17) is 16.3 Å². The fourth-order valence-electron chi connectivity index (χ4n) is 5.73. The monoisotopic (exact) mass is 548 g/mol. The van der Waals surface area contributed by atoms with Gasteiger partial charge in [0.25, 0.3) is 0 Å². The zero-order valence-electron chi connectivity index (χ0n) is 22.9. The fourth-order valence-corrected chi connectivity index (χ4v) is 5.91. The summed E-state index contributed by atoms with van der Waals surface area (Å²) in [6.07, 6.45) is 5.74. The molecule has 1 aromatic heterocycles. The summed E-state index contributed by atoms with van der Waals surface area (Å²) in [6.45, 7) is 5.08. The second kappa shape index (κ2) is 11.8. The summed E-state index contributed by atoms with van der Waals surface area (Å²) in [6, 6.07) is 15.7. The molecule has 5 rings (SSSR count). The fraction of sp³-hybridized carbons (Fsp3) is 0.452. The van der Waals surface area contributed by atoms with E-state index in [2.05, 4.69) is 23.3 Å². The van der Waals surface area contributed by atoms with Crippen molar-refractivity contribution in [2.45, 2.75) is 52.0 Å². The number of aromatic nitrogens is 2. The van der Waals surface area contributed by atoms with Crippen molar-refractivity contribution < 1.29 is 14.3 Å². The summed E-state index contributed by atoms with van der Waals surface area (Å²) in [4.78, 5) is 30.6. The molecule has 2 amide bonds. The third-order valence-electron chi connectivity index (χ3n) is 8.47. The topological polar surface area (TPSA) is 67.7 Å². The molecule has 8 heteroatoms. The van der Waals surface area contributed by atoms with E-state index in [1.165, 1.54) is 11.1 Å². The van der Waals surface area contributed by atoms with Crippen molar-refractivity contribution in [1.29, 1.82) is 0 Å². The molecule has 206 valence electrons. The van der Waals surface area contributed by atoms with E-state index in [9.17, 15) is 9.59 Å². The number of hydrogen-bond acceptors (Lipinski definition) is 4. The summed E-state index contributed by atoms with van der Waals surface area (Å²) in [5.74, 6) is 1.01. The zero-order chi connectivity index (χ0) is 27.4. The number of rotatable bonds is 8. The van der Waals surface area contributed by atoms with Crippen molar-refractivity contribution >= 4 is 23.4 Å². The van der Waals surface area contributed by atoms with Crippen LogP contribution in [-0.4, -0.2) is 57.6 Å². The van der Waals surface area contributed by atoms with Gasteiger partial charge in [-0.1, -0.05) is 41.9 Å². The van der Waals surface area contributed by atoms with E-state index in [1.54, 1.807) is 6.07 Å². The summed E-state index contributed by atoms with van der Waals surface area (Å²) in [5.41, 5.74) is 4.42. The normalized spacial score (nSPS) is 16.6. The highest BCUT2D eigenvalue weighted by atomic mass is 35.5. The van der Waals surface area contributed by atoms with E-state index in [1.807, 2.05) is 58.9 Å². The van der Waals surface area contributed by atoms with Gasteiger partial charge in [0.05, 0.1) is 12.8 Å². The van der Waals surface area contributed by atoms with Crippen molar-refractivity contribution in [2.75, 3.05) is 26.2 Å². The first-order valence-electron chi connectivity index (χ1n) is 13.8. The molecule has 3 heterocycles. The lowest BCUT2D eigenvalue weighted by molar-refractivity contribution is -0.138. The number of carbonyl (C=O) groups excluding carboxylic acids is 2. The molecule has 2 aliphatic heterocycles. The second-order valence-corrected chi connectivity index (χ2v) is 11.5. The largest absolute Gasteiger partial charge is 0.493 e. The van der Waals surface area contributed by atoms with Gasteiger partial charge in [-0.15, -0.1) is 0 Å². The van der Waals surface area contributed by atoms with Gasteiger partial charge < -0.3 is 14.5 Å². The Kier molecular flexibility index (Phi) is 8.26. The smallest absolute Gasteiger partial charge is 0.223 e. The van der Waals surface area contributed by atoms with Crippen molar-refractivity contribution in [1.82, 2.24) is 19.6 Å². The van der Waals surface area contributed by atoms with Gasteiger partial charge in [-0.2, -0.15) is 5.10 Å². The number of likely N-dealkylation sites (tertiary alicyclic amines) is 1. The lowest BCUT2D eigenvalue weighted by Crippen LogP contribution is -2.48. The molecule has 7 nitrogen and oxygen atoms in total. The third-order valence-corrected chi connectivity index (χ3v) is 8.71. The van der Waals surface area contributed by atoms with Gasteiger partial charge in [0.1, 0.15) is 5.75 Å².